The van der Waals surface area contributed by atoms with Crippen LogP contribution in [0.25, 0.3) is 11.8 Å². The topological polar surface area (TPSA) is 98.4 Å². The van der Waals surface area contributed by atoms with Crippen LogP contribution in [-0.2, 0) is 17.8 Å². The lowest BCUT2D eigenvalue weighted by Gasteiger charge is -2.14. The van der Waals surface area contributed by atoms with E-state index in [2.05, 4.69) is 22.3 Å². The molecule has 2 N–H and O–H groups in total. The van der Waals surface area contributed by atoms with E-state index in [0.717, 1.165) is 36.4 Å². The van der Waals surface area contributed by atoms with Crippen LogP contribution in [0.3, 0.4) is 0 Å². The van der Waals surface area contributed by atoms with Gasteiger partial charge in [0.05, 0.1) is 0 Å². The summed E-state index contributed by atoms with van der Waals surface area (Å²) in [6.45, 7) is 5.59. The Balaban J connectivity index is 1.77. The van der Waals surface area contributed by atoms with Gasteiger partial charge in [-0.05, 0) is 69.9 Å². The highest BCUT2D eigenvalue weighted by Gasteiger charge is 2.14. The van der Waals surface area contributed by atoms with Crippen LogP contribution in [0.15, 0.2) is 29.1 Å². The molecule has 0 aliphatic carbocycles. The molecule has 1 aromatic heterocycles. The Hall–Kier alpha value is -2.89. The van der Waals surface area contributed by atoms with Gasteiger partial charge >= 0.3 is 5.97 Å². The van der Waals surface area contributed by atoms with Crippen molar-refractivity contribution < 1.29 is 9.90 Å². The first-order valence-corrected chi connectivity index (χ1v) is 11.0. The summed E-state index contributed by atoms with van der Waals surface area (Å²) in [5, 5.41) is 21.5. The number of nitriles is 1. The van der Waals surface area contributed by atoms with Gasteiger partial charge in [-0.3, -0.25) is 9.36 Å². The van der Waals surface area contributed by atoms with Gasteiger partial charge in [-0.25, -0.2) is 4.79 Å². The monoisotopic (exact) mass is 426 g/mol. The van der Waals surface area contributed by atoms with Gasteiger partial charge in [0.1, 0.15) is 15.3 Å². The molecule has 0 unspecified atom stereocenters. The third-order valence-electron chi connectivity index (χ3n) is 5.20. The van der Waals surface area contributed by atoms with Crippen LogP contribution in [0.2, 0.25) is 0 Å². The second kappa shape index (κ2) is 10.2. The van der Waals surface area contributed by atoms with Gasteiger partial charge in [0.2, 0.25) is 0 Å². The number of anilines is 1. The minimum atomic E-state index is -1.33. The van der Waals surface area contributed by atoms with Crippen LogP contribution in [0.5, 0.6) is 0 Å². The number of aromatic nitrogens is 1. The molecule has 0 bridgehead atoms. The molecule has 1 aromatic carbocycles. The van der Waals surface area contributed by atoms with Crippen molar-refractivity contribution in [3.05, 3.63) is 49.4 Å². The number of likely N-dealkylation sites (tertiary alicyclic amines) is 1. The summed E-state index contributed by atoms with van der Waals surface area (Å²) < 4.78 is 1.85. The lowest BCUT2D eigenvalue weighted by molar-refractivity contribution is -0.130. The highest BCUT2D eigenvalue weighted by molar-refractivity contribution is 7.07. The maximum Gasteiger partial charge on any atom is 0.349 e. The SMILES string of the molecule is CCn1c(=C(C#N)C(=O)O)sc(=CNc2cccc(CCCN3CCCC3)c2)c1=O. The molecule has 1 aliphatic rings. The third-order valence-corrected chi connectivity index (χ3v) is 6.33. The van der Waals surface area contributed by atoms with Crippen LogP contribution in [0.4, 0.5) is 5.69 Å². The Bertz CT molecular complexity index is 1120. The fraction of sp³-hybridized carbons (Fsp3) is 0.409. The summed E-state index contributed by atoms with van der Waals surface area (Å²) in [6, 6.07) is 9.76. The van der Waals surface area contributed by atoms with E-state index < -0.39 is 11.5 Å². The summed E-state index contributed by atoms with van der Waals surface area (Å²) in [7, 11) is 0. The Morgan fingerprint density at radius 2 is 2.13 bits per heavy atom. The molecular weight excluding hydrogens is 400 g/mol. The van der Waals surface area contributed by atoms with Crippen molar-refractivity contribution in [2.45, 2.75) is 39.2 Å². The fourth-order valence-electron chi connectivity index (χ4n) is 3.66. The molecule has 2 aromatic rings. The van der Waals surface area contributed by atoms with E-state index in [0.29, 0.717) is 11.1 Å². The standard InChI is InChI=1S/C22H26N4O3S/c1-2-26-20(27)19(30-21(26)18(14-23)22(28)29)15-24-17-9-5-7-16(13-17)8-6-12-25-10-3-4-11-25/h5,7,9,13,15,24H,2-4,6,8,10-12H2,1H3,(H,28,29). The van der Waals surface area contributed by atoms with Crippen LogP contribution in [-0.4, -0.2) is 40.2 Å². The number of rotatable bonds is 8. The molecule has 0 amide bonds. The molecule has 0 spiro atoms. The first kappa shape index (κ1) is 21.8. The van der Waals surface area contributed by atoms with Crippen molar-refractivity contribution in [1.29, 1.82) is 5.26 Å². The molecule has 7 nitrogen and oxygen atoms in total. The lowest BCUT2D eigenvalue weighted by atomic mass is 10.1. The number of carboxylic acids is 1. The van der Waals surface area contributed by atoms with Crippen molar-refractivity contribution in [2.24, 2.45) is 0 Å². The highest BCUT2D eigenvalue weighted by Crippen LogP contribution is 2.14. The van der Waals surface area contributed by atoms with E-state index >= 15 is 0 Å². The first-order valence-electron chi connectivity index (χ1n) is 10.2. The molecule has 30 heavy (non-hydrogen) atoms. The quantitative estimate of drug-likeness (QED) is 0.665. The van der Waals surface area contributed by atoms with Crippen molar-refractivity contribution in [3.63, 3.8) is 0 Å². The van der Waals surface area contributed by atoms with Crippen LogP contribution in [0, 0.1) is 11.3 Å². The van der Waals surface area contributed by atoms with E-state index in [9.17, 15) is 14.7 Å². The Morgan fingerprint density at radius 1 is 1.37 bits per heavy atom. The molecule has 8 heteroatoms. The number of aliphatic carboxylic acids is 1. The third kappa shape index (κ3) is 5.17. The molecule has 0 atom stereocenters. The number of nitrogens with zero attached hydrogens (tertiary/aromatic N) is 3. The van der Waals surface area contributed by atoms with Gasteiger partial charge in [0.15, 0.2) is 5.57 Å². The zero-order valence-electron chi connectivity index (χ0n) is 17.1. The summed E-state index contributed by atoms with van der Waals surface area (Å²) in [6.07, 6.45) is 6.31. The minimum Gasteiger partial charge on any atom is -0.477 e. The lowest BCUT2D eigenvalue weighted by Crippen LogP contribution is -2.32. The van der Waals surface area contributed by atoms with Gasteiger partial charge in [0, 0.05) is 18.4 Å². The maximum atomic E-state index is 12.6. The predicted molar refractivity (Wildman–Crippen MR) is 119 cm³/mol. The minimum absolute atomic E-state index is 0.168. The fourth-order valence-corrected chi connectivity index (χ4v) is 4.74. The van der Waals surface area contributed by atoms with E-state index in [4.69, 9.17) is 5.26 Å². The van der Waals surface area contributed by atoms with Crippen molar-refractivity contribution >= 4 is 34.8 Å². The summed E-state index contributed by atoms with van der Waals surface area (Å²) >= 11 is 1.01. The number of carboxylic acid groups (broad SMARTS) is 1. The normalized spacial score (nSPS) is 15.8. The summed E-state index contributed by atoms with van der Waals surface area (Å²) in [4.78, 5) is 26.4. The molecule has 1 fully saturated rings. The predicted octanol–water partition coefficient (Wildman–Crippen LogP) is 1.57. The Kier molecular flexibility index (Phi) is 7.44. The van der Waals surface area contributed by atoms with Gasteiger partial charge < -0.3 is 15.3 Å². The molecule has 3 rings (SSSR count). The summed E-state index contributed by atoms with van der Waals surface area (Å²) in [5.41, 5.74) is 1.38. The highest BCUT2D eigenvalue weighted by atomic mass is 32.1. The van der Waals surface area contributed by atoms with E-state index in [-0.39, 0.29) is 10.2 Å². The molecular formula is C22H26N4O3S. The van der Waals surface area contributed by atoms with E-state index in [1.54, 1.807) is 19.2 Å². The second-order valence-electron chi connectivity index (χ2n) is 7.25. The molecule has 0 radical (unpaired) electrons. The van der Waals surface area contributed by atoms with Crippen LogP contribution >= 0.6 is 11.3 Å². The van der Waals surface area contributed by atoms with Crippen molar-refractivity contribution in [1.82, 2.24) is 9.47 Å². The number of carbonyl (C=O) groups is 1. The largest absolute Gasteiger partial charge is 0.477 e. The first-order chi connectivity index (χ1) is 14.5. The molecule has 158 valence electrons. The van der Waals surface area contributed by atoms with Crippen LogP contribution < -0.4 is 20.1 Å². The van der Waals surface area contributed by atoms with Gasteiger partial charge in [-0.2, -0.15) is 5.26 Å². The molecule has 0 saturated carbocycles. The summed E-state index contributed by atoms with van der Waals surface area (Å²) in [5.74, 6) is -1.33. The maximum absolute atomic E-state index is 12.6. The van der Waals surface area contributed by atoms with Crippen molar-refractivity contribution in [3.8, 4) is 6.07 Å². The Labute approximate surface area is 179 Å². The number of nitrogens with one attached hydrogen (secondary N) is 1. The average molecular weight is 427 g/mol. The average Bonchev–Trinajstić information content (AvgIpc) is 3.35. The van der Waals surface area contributed by atoms with Crippen LogP contribution in [0.1, 0.15) is 31.7 Å². The number of thiazole rings is 1. The van der Waals surface area contributed by atoms with E-state index in [1.165, 1.54) is 36.1 Å². The zero-order valence-corrected chi connectivity index (χ0v) is 17.9. The second-order valence-corrected chi connectivity index (χ2v) is 8.28. The van der Waals surface area contributed by atoms with E-state index in [1.807, 2.05) is 12.1 Å². The number of aryl methyl sites for hydroxylation is 1. The molecule has 1 aliphatic heterocycles. The number of hydrogen-bond acceptors (Lipinski definition) is 6. The van der Waals surface area contributed by atoms with Gasteiger partial charge in [-0.15, -0.1) is 11.3 Å². The number of hydrogen-bond donors (Lipinski definition) is 2. The molecule has 1 saturated heterocycles. The van der Waals surface area contributed by atoms with Gasteiger partial charge in [-0.1, -0.05) is 12.1 Å². The van der Waals surface area contributed by atoms with Gasteiger partial charge in [0.25, 0.3) is 5.56 Å². The number of benzene rings is 1. The molecule has 2 heterocycles. The van der Waals surface area contributed by atoms with Crippen molar-refractivity contribution in [2.75, 3.05) is 25.0 Å². The Morgan fingerprint density at radius 3 is 2.80 bits per heavy atom. The smallest absolute Gasteiger partial charge is 0.349 e. The zero-order chi connectivity index (χ0) is 21.5.